The molecule has 1 N–H and O–H groups in total. The zero-order chi connectivity index (χ0) is 40.9. The van der Waals surface area contributed by atoms with Gasteiger partial charge in [-0.1, -0.05) is 117 Å². The molecule has 5 heteroatoms. The summed E-state index contributed by atoms with van der Waals surface area (Å²) in [6, 6.07) is 55.1. The SMILES string of the molecule is Cc1cc(C)c(-c2cc(-c3ccc4c5ccc(C(C)(C)C)cc5n(-c5ccccn5)c4c3)c3nc(-c4cccc5c4[nH]c4ccccc45)n(-c4ccccc4)c3c2)c(C)c1. The van der Waals surface area contributed by atoms with Crippen LogP contribution in [-0.4, -0.2) is 24.1 Å². The first-order chi connectivity index (χ1) is 29.1. The van der Waals surface area contributed by atoms with Gasteiger partial charge in [0.1, 0.15) is 11.6 Å². The predicted molar refractivity (Wildman–Crippen MR) is 252 cm³/mol. The van der Waals surface area contributed by atoms with Gasteiger partial charge in [0.2, 0.25) is 0 Å². The van der Waals surface area contributed by atoms with Gasteiger partial charge in [-0.3, -0.25) is 9.13 Å². The number of aromatic nitrogens is 5. The zero-order valence-electron chi connectivity index (χ0n) is 34.8. The van der Waals surface area contributed by atoms with Gasteiger partial charge in [-0.15, -0.1) is 0 Å². The lowest BCUT2D eigenvalue weighted by Crippen LogP contribution is -2.10. The lowest BCUT2D eigenvalue weighted by Gasteiger charge is -2.19. The lowest BCUT2D eigenvalue weighted by atomic mass is 9.86. The van der Waals surface area contributed by atoms with E-state index in [1.54, 1.807) is 0 Å². The number of aryl methyl sites for hydroxylation is 3. The summed E-state index contributed by atoms with van der Waals surface area (Å²) in [4.78, 5) is 14.4. The van der Waals surface area contributed by atoms with Crippen molar-refractivity contribution >= 4 is 54.6 Å². The second kappa shape index (κ2) is 13.4. The van der Waals surface area contributed by atoms with Crippen molar-refractivity contribution in [3.63, 3.8) is 0 Å². The van der Waals surface area contributed by atoms with Crippen LogP contribution in [0.25, 0.3) is 99.8 Å². The molecule has 0 amide bonds. The maximum absolute atomic E-state index is 5.72. The molecule has 4 heterocycles. The number of benzene rings is 7. The Bertz CT molecular complexity index is 3460. The van der Waals surface area contributed by atoms with Crippen molar-refractivity contribution in [3.05, 3.63) is 180 Å². The van der Waals surface area contributed by atoms with Crippen molar-refractivity contribution in [3.8, 4) is 45.1 Å². The molecule has 0 bridgehead atoms. The van der Waals surface area contributed by atoms with E-state index in [0.29, 0.717) is 0 Å². The molecule has 5 nitrogen and oxygen atoms in total. The summed E-state index contributed by atoms with van der Waals surface area (Å²) in [5.74, 6) is 1.79. The third-order valence-corrected chi connectivity index (χ3v) is 12.3. The minimum atomic E-state index is -0.00446. The predicted octanol–water partition coefficient (Wildman–Crippen LogP) is 14.4. The van der Waals surface area contributed by atoms with E-state index in [9.17, 15) is 0 Å². The van der Waals surface area contributed by atoms with E-state index in [1.165, 1.54) is 54.9 Å². The van der Waals surface area contributed by atoms with E-state index < -0.39 is 0 Å². The van der Waals surface area contributed by atoms with Crippen LogP contribution in [0.3, 0.4) is 0 Å². The Hall–Kier alpha value is -7.24. The maximum atomic E-state index is 5.72. The lowest BCUT2D eigenvalue weighted by molar-refractivity contribution is 0.591. The number of nitrogens with zero attached hydrogens (tertiary/aromatic N) is 4. The molecule has 0 radical (unpaired) electrons. The topological polar surface area (TPSA) is 51.4 Å². The Kier molecular flexibility index (Phi) is 8.01. The van der Waals surface area contributed by atoms with Crippen LogP contribution in [0.5, 0.6) is 0 Å². The summed E-state index contributed by atoms with van der Waals surface area (Å²) < 4.78 is 4.70. The molecule has 0 saturated carbocycles. The summed E-state index contributed by atoms with van der Waals surface area (Å²) in [7, 11) is 0. The van der Waals surface area contributed by atoms with E-state index >= 15 is 0 Å². The smallest absolute Gasteiger partial charge is 0.147 e. The number of imidazole rings is 1. The molecule has 7 aromatic carbocycles. The highest BCUT2D eigenvalue weighted by atomic mass is 15.1. The van der Waals surface area contributed by atoms with E-state index in [-0.39, 0.29) is 5.41 Å². The number of fused-ring (bicyclic) bond motifs is 7. The Morgan fingerprint density at radius 1 is 0.533 bits per heavy atom. The van der Waals surface area contributed by atoms with Crippen LogP contribution in [-0.2, 0) is 5.41 Å². The van der Waals surface area contributed by atoms with Gasteiger partial charge in [-0.05, 0) is 120 Å². The van der Waals surface area contributed by atoms with Gasteiger partial charge in [0.15, 0.2) is 0 Å². The average molecular weight is 776 g/mol. The fraction of sp³-hybridized carbons (Fsp3) is 0.127. The average Bonchev–Trinajstić information content (AvgIpc) is 3.92. The first-order valence-corrected chi connectivity index (χ1v) is 20.8. The first kappa shape index (κ1) is 35.9. The minimum absolute atomic E-state index is 0.00446. The monoisotopic (exact) mass is 775 g/mol. The van der Waals surface area contributed by atoms with E-state index in [2.05, 4.69) is 201 Å². The summed E-state index contributed by atoms with van der Waals surface area (Å²) in [5, 5.41) is 4.79. The fourth-order valence-corrected chi connectivity index (χ4v) is 9.64. The number of hydrogen-bond donors (Lipinski definition) is 1. The molecule has 0 aliphatic carbocycles. The Morgan fingerprint density at radius 3 is 2.00 bits per heavy atom. The van der Waals surface area contributed by atoms with Crippen LogP contribution in [0, 0.1) is 20.8 Å². The maximum Gasteiger partial charge on any atom is 0.147 e. The number of H-pyrrole nitrogens is 1. The zero-order valence-corrected chi connectivity index (χ0v) is 34.8. The molecule has 0 atom stereocenters. The van der Waals surface area contributed by atoms with Crippen LogP contribution in [0.4, 0.5) is 0 Å². The van der Waals surface area contributed by atoms with Gasteiger partial charge in [0, 0.05) is 50.1 Å². The Labute approximate surface area is 349 Å². The Morgan fingerprint density at radius 2 is 1.23 bits per heavy atom. The molecular formula is C55H45N5. The van der Waals surface area contributed by atoms with Crippen molar-refractivity contribution in [2.24, 2.45) is 0 Å². The van der Waals surface area contributed by atoms with Gasteiger partial charge < -0.3 is 4.98 Å². The molecule has 0 unspecified atom stereocenters. The molecule has 0 spiro atoms. The summed E-state index contributed by atoms with van der Waals surface area (Å²) >= 11 is 0. The van der Waals surface area contributed by atoms with Crippen LogP contribution in [0.1, 0.15) is 43.0 Å². The van der Waals surface area contributed by atoms with E-state index in [0.717, 1.165) is 67.1 Å². The van der Waals surface area contributed by atoms with Crippen molar-refractivity contribution < 1.29 is 0 Å². The van der Waals surface area contributed by atoms with Gasteiger partial charge >= 0.3 is 0 Å². The number of hydrogen-bond acceptors (Lipinski definition) is 2. The van der Waals surface area contributed by atoms with Gasteiger partial charge in [-0.25, -0.2) is 9.97 Å². The molecule has 0 fully saturated rings. The molecule has 0 saturated heterocycles. The molecule has 0 aliphatic heterocycles. The van der Waals surface area contributed by atoms with Crippen LogP contribution < -0.4 is 0 Å². The standard InChI is InChI=1S/C55H45N5/c1-33-27-34(2)51(35(3)28-33)37-29-45(36-22-24-41-42-25-23-38(55(4,5)6)32-48(42)60(47(41)30-36)50-21-12-13-26-56-50)53-49(31-37)59(39-15-8-7-9-16-39)54(58-53)44-19-14-18-43-40-17-10-11-20-46(40)57-52(43)44/h7-32,57H,1-6H3. The Balaban J connectivity index is 1.26. The first-order valence-electron chi connectivity index (χ1n) is 20.8. The third kappa shape index (κ3) is 5.60. The van der Waals surface area contributed by atoms with Crippen molar-refractivity contribution in [2.75, 3.05) is 0 Å². The number of para-hydroxylation sites is 3. The van der Waals surface area contributed by atoms with E-state index in [4.69, 9.17) is 9.97 Å². The highest BCUT2D eigenvalue weighted by molar-refractivity contribution is 6.13. The molecule has 11 rings (SSSR count). The molecular weight excluding hydrogens is 731 g/mol. The van der Waals surface area contributed by atoms with Crippen LogP contribution in [0.2, 0.25) is 0 Å². The molecule has 0 aliphatic rings. The van der Waals surface area contributed by atoms with Gasteiger partial charge in [0.05, 0.1) is 27.6 Å². The fourth-order valence-electron chi connectivity index (χ4n) is 9.64. The summed E-state index contributed by atoms with van der Waals surface area (Å²) in [5.41, 5.74) is 18.2. The highest BCUT2D eigenvalue weighted by Crippen LogP contribution is 2.43. The molecule has 4 aromatic heterocycles. The van der Waals surface area contributed by atoms with Crippen molar-refractivity contribution in [2.45, 2.75) is 47.0 Å². The third-order valence-electron chi connectivity index (χ3n) is 12.3. The van der Waals surface area contributed by atoms with Crippen molar-refractivity contribution in [1.82, 2.24) is 24.1 Å². The van der Waals surface area contributed by atoms with Gasteiger partial charge in [-0.2, -0.15) is 0 Å². The van der Waals surface area contributed by atoms with Gasteiger partial charge in [0.25, 0.3) is 0 Å². The number of nitrogens with one attached hydrogen (secondary N) is 1. The number of aromatic amines is 1. The number of rotatable bonds is 5. The molecule has 11 aromatic rings. The minimum Gasteiger partial charge on any atom is -0.354 e. The summed E-state index contributed by atoms with van der Waals surface area (Å²) in [6.45, 7) is 13.5. The second-order valence-electron chi connectivity index (χ2n) is 17.4. The second-order valence-corrected chi connectivity index (χ2v) is 17.4. The molecule has 60 heavy (non-hydrogen) atoms. The summed E-state index contributed by atoms with van der Waals surface area (Å²) in [6.07, 6.45) is 1.88. The normalized spacial score (nSPS) is 12.2. The van der Waals surface area contributed by atoms with Crippen LogP contribution in [0.15, 0.2) is 158 Å². The van der Waals surface area contributed by atoms with E-state index in [1.807, 2.05) is 12.3 Å². The highest BCUT2D eigenvalue weighted by Gasteiger charge is 2.24. The van der Waals surface area contributed by atoms with Crippen LogP contribution >= 0.6 is 0 Å². The largest absolute Gasteiger partial charge is 0.354 e. The number of pyridine rings is 1. The van der Waals surface area contributed by atoms with Crippen molar-refractivity contribution in [1.29, 1.82) is 0 Å². The molecule has 290 valence electrons. The quantitative estimate of drug-likeness (QED) is 0.189.